The predicted octanol–water partition coefficient (Wildman–Crippen LogP) is 15.6. The molecular weight excluding hydrogens is 687 g/mol. The van der Waals surface area contributed by atoms with Gasteiger partial charge in [-0.3, -0.25) is 0 Å². The van der Waals surface area contributed by atoms with E-state index >= 15 is 0 Å². The van der Waals surface area contributed by atoms with E-state index in [4.69, 9.17) is 4.42 Å². The minimum absolute atomic E-state index is 0.894. The summed E-state index contributed by atoms with van der Waals surface area (Å²) in [5.74, 6) is 0. The molecule has 0 aliphatic rings. The van der Waals surface area contributed by atoms with Gasteiger partial charge in [-0.15, -0.1) is 11.3 Å². The zero-order valence-corrected chi connectivity index (χ0v) is 30.6. The number of para-hydroxylation sites is 1. The number of anilines is 3. The molecule has 0 N–H and O–H groups in total. The van der Waals surface area contributed by atoms with Crippen molar-refractivity contribution in [1.29, 1.82) is 0 Å². The Morgan fingerprint density at radius 3 is 1.93 bits per heavy atom. The second-order valence-electron chi connectivity index (χ2n) is 14.1. The Balaban J connectivity index is 1.14. The molecule has 0 aliphatic heterocycles. The van der Waals surface area contributed by atoms with Gasteiger partial charge < -0.3 is 9.32 Å². The molecule has 258 valence electrons. The summed E-state index contributed by atoms with van der Waals surface area (Å²) in [4.78, 5) is 2.45. The van der Waals surface area contributed by atoms with Crippen molar-refractivity contribution in [2.75, 3.05) is 4.90 Å². The minimum Gasteiger partial charge on any atom is -0.456 e. The van der Waals surface area contributed by atoms with Crippen molar-refractivity contribution in [3.05, 3.63) is 200 Å². The molecule has 0 saturated carbocycles. The summed E-state index contributed by atoms with van der Waals surface area (Å²) >= 11 is 1.85. The molecular formula is C52H33NOS. The van der Waals surface area contributed by atoms with Crippen molar-refractivity contribution in [2.24, 2.45) is 0 Å². The summed E-state index contributed by atoms with van der Waals surface area (Å²) < 4.78 is 8.92. The van der Waals surface area contributed by atoms with Crippen LogP contribution in [0.4, 0.5) is 17.1 Å². The first kappa shape index (κ1) is 31.6. The van der Waals surface area contributed by atoms with Crippen LogP contribution in [0.5, 0.6) is 0 Å². The monoisotopic (exact) mass is 719 g/mol. The quantitative estimate of drug-likeness (QED) is 0.170. The summed E-state index contributed by atoms with van der Waals surface area (Å²) in [7, 11) is 0. The highest BCUT2D eigenvalue weighted by molar-refractivity contribution is 7.25. The number of rotatable bonds is 6. The van der Waals surface area contributed by atoms with Crippen LogP contribution in [0, 0.1) is 0 Å². The van der Waals surface area contributed by atoms with Crippen molar-refractivity contribution in [3.8, 4) is 33.4 Å². The predicted molar refractivity (Wildman–Crippen MR) is 235 cm³/mol. The lowest BCUT2D eigenvalue weighted by atomic mass is 9.95. The first-order valence-corrected chi connectivity index (χ1v) is 19.5. The Bertz CT molecular complexity index is 3230. The van der Waals surface area contributed by atoms with Crippen LogP contribution in [0.25, 0.3) is 86.3 Å². The SMILES string of the molecule is c1ccc(-c2ccc(-c3ccc4ccccc4c3)cc2N(c2cccc(-c3ccc4c(c3)oc3ccccc34)c2)c2ccc3sc4ccccc4c3c2)cc1. The molecule has 0 fully saturated rings. The molecule has 11 aromatic rings. The standard InChI is InChI=1S/C52H33NOS/c1-2-12-35(13-3-1)43-26-23-39(38-22-21-34-11-4-5-14-36(34)29-38)31-48(43)53(42-25-28-52-47(33-42)46-18-7-9-20-51(46)55-52)41-16-10-15-37(30-41)40-24-27-45-44-17-6-8-19-49(44)54-50(45)32-40/h1-33H. The van der Waals surface area contributed by atoms with Gasteiger partial charge in [-0.05, 0) is 105 Å². The molecule has 0 unspecified atom stereocenters. The largest absolute Gasteiger partial charge is 0.456 e. The van der Waals surface area contributed by atoms with Gasteiger partial charge in [-0.25, -0.2) is 0 Å². The normalized spacial score (nSPS) is 11.6. The molecule has 0 saturated heterocycles. The first-order valence-electron chi connectivity index (χ1n) is 18.7. The lowest BCUT2D eigenvalue weighted by molar-refractivity contribution is 0.669. The molecule has 55 heavy (non-hydrogen) atoms. The number of thiophene rings is 1. The second kappa shape index (κ2) is 12.9. The third kappa shape index (κ3) is 5.48. The molecule has 0 aliphatic carbocycles. The Morgan fingerprint density at radius 1 is 0.345 bits per heavy atom. The molecule has 11 rings (SSSR count). The summed E-state index contributed by atoms with van der Waals surface area (Å²) in [6.45, 7) is 0. The molecule has 3 heteroatoms. The van der Waals surface area contributed by atoms with E-state index in [0.717, 1.165) is 55.7 Å². The van der Waals surface area contributed by atoms with E-state index in [9.17, 15) is 0 Å². The van der Waals surface area contributed by atoms with Crippen LogP contribution < -0.4 is 4.90 Å². The topological polar surface area (TPSA) is 16.4 Å². The zero-order chi connectivity index (χ0) is 36.3. The lowest BCUT2D eigenvalue weighted by Gasteiger charge is -2.29. The van der Waals surface area contributed by atoms with E-state index in [1.165, 1.54) is 47.6 Å². The van der Waals surface area contributed by atoms with Crippen LogP contribution in [0.15, 0.2) is 205 Å². The highest BCUT2D eigenvalue weighted by Gasteiger charge is 2.21. The van der Waals surface area contributed by atoms with E-state index in [0.29, 0.717) is 0 Å². The number of fused-ring (bicyclic) bond motifs is 7. The Morgan fingerprint density at radius 2 is 1.00 bits per heavy atom. The van der Waals surface area contributed by atoms with E-state index < -0.39 is 0 Å². The smallest absolute Gasteiger partial charge is 0.136 e. The molecule has 0 atom stereocenters. The van der Waals surface area contributed by atoms with E-state index in [-0.39, 0.29) is 0 Å². The van der Waals surface area contributed by atoms with Crippen molar-refractivity contribution < 1.29 is 4.42 Å². The van der Waals surface area contributed by atoms with Gasteiger partial charge in [0.15, 0.2) is 0 Å². The third-order valence-corrected chi connectivity index (χ3v) is 12.0. The molecule has 2 nitrogen and oxygen atoms in total. The minimum atomic E-state index is 0.894. The molecule has 0 bridgehead atoms. The Kier molecular flexibility index (Phi) is 7.39. The van der Waals surface area contributed by atoms with Gasteiger partial charge in [0.2, 0.25) is 0 Å². The molecule has 2 aromatic heterocycles. The maximum absolute atomic E-state index is 6.34. The summed E-state index contributed by atoms with van der Waals surface area (Å²) in [6.07, 6.45) is 0. The van der Waals surface area contributed by atoms with Gasteiger partial charge in [-0.2, -0.15) is 0 Å². The number of furan rings is 1. The number of hydrogen-bond acceptors (Lipinski definition) is 3. The fourth-order valence-corrected chi connectivity index (χ4v) is 9.22. The van der Waals surface area contributed by atoms with Crippen molar-refractivity contribution in [3.63, 3.8) is 0 Å². The molecule has 0 radical (unpaired) electrons. The molecule has 2 heterocycles. The highest BCUT2D eigenvalue weighted by Crippen LogP contribution is 2.46. The Hall–Kier alpha value is -6.94. The van der Waals surface area contributed by atoms with Crippen LogP contribution in [-0.4, -0.2) is 0 Å². The number of hydrogen-bond donors (Lipinski definition) is 0. The van der Waals surface area contributed by atoms with E-state index in [1.54, 1.807) is 0 Å². The van der Waals surface area contributed by atoms with Gasteiger partial charge in [0.05, 0.1) is 5.69 Å². The van der Waals surface area contributed by atoms with Crippen LogP contribution >= 0.6 is 11.3 Å². The Labute approximate surface area is 322 Å². The van der Waals surface area contributed by atoms with Crippen molar-refractivity contribution >= 4 is 81.3 Å². The van der Waals surface area contributed by atoms with E-state index in [2.05, 4.69) is 193 Å². The fraction of sp³-hybridized carbons (Fsp3) is 0. The molecule has 9 aromatic carbocycles. The summed E-state index contributed by atoms with van der Waals surface area (Å²) in [5, 5.41) is 7.29. The van der Waals surface area contributed by atoms with Crippen LogP contribution in [0.3, 0.4) is 0 Å². The van der Waals surface area contributed by atoms with Gasteiger partial charge in [0, 0.05) is 47.9 Å². The van der Waals surface area contributed by atoms with Crippen LogP contribution in [-0.2, 0) is 0 Å². The highest BCUT2D eigenvalue weighted by atomic mass is 32.1. The van der Waals surface area contributed by atoms with Gasteiger partial charge in [0.1, 0.15) is 11.2 Å². The van der Waals surface area contributed by atoms with Gasteiger partial charge in [-0.1, -0.05) is 133 Å². The molecule has 0 spiro atoms. The lowest BCUT2D eigenvalue weighted by Crippen LogP contribution is -2.11. The average molecular weight is 720 g/mol. The van der Waals surface area contributed by atoms with Gasteiger partial charge in [0.25, 0.3) is 0 Å². The third-order valence-electron chi connectivity index (χ3n) is 10.8. The number of nitrogens with zero attached hydrogens (tertiary/aromatic N) is 1. The fourth-order valence-electron chi connectivity index (χ4n) is 8.14. The van der Waals surface area contributed by atoms with E-state index in [1.807, 2.05) is 23.5 Å². The molecule has 0 amide bonds. The maximum Gasteiger partial charge on any atom is 0.136 e. The average Bonchev–Trinajstić information content (AvgIpc) is 3.82. The van der Waals surface area contributed by atoms with Gasteiger partial charge >= 0.3 is 0 Å². The zero-order valence-electron chi connectivity index (χ0n) is 29.8. The van der Waals surface area contributed by atoms with Crippen molar-refractivity contribution in [2.45, 2.75) is 0 Å². The first-order chi connectivity index (χ1) is 27.2. The number of benzene rings is 9. The maximum atomic E-state index is 6.34. The summed E-state index contributed by atoms with van der Waals surface area (Å²) in [5.41, 5.74) is 12.0. The van der Waals surface area contributed by atoms with Crippen LogP contribution in [0.1, 0.15) is 0 Å². The van der Waals surface area contributed by atoms with Crippen molar-refractivity contribution in [1.82, 2.24) is 0 Å². The summed E-state index contributed by atoms with van der Waals surface area (Å²) in [6, 6.07) is 72.5. The second-order valence-corrected chi connectivity index (χ2v) is 15.2. The van der Waals surface area contributed by atoms with Crippen LogP contribution in [0.2, 0.25) is 0 Å².